The van der Waals surface area contributed by atoms with Gasteiger partial charge in [0.15, 0.2) is 5.78 Å². The third-order valence-corrected chi connectivity index (χ3v) is 4.26. The molecule has 2 aromatic heterocycles. The highest BCUT2D eigenvalue weighted by atomic mass is 16.4. The molecule has 0 fully saturated rings. The quantitative estimate of drug-likeness (QED) is 0.693. The Hall–Kier alpha value is -2.95. The normalized spacial score (nSPS) is 12.4. The fourth-order valence-corrected chi connectivity index (χ4v) is 3.07. The van der Waals surface area contributed by atoms with Crippen LogP contribution >= 0.6 is 0 Å². The van der Waals surface area contributed by atoms with Crippen molar-refractivity contribution >= 4 is 17.3 Å². The number of ketones is 1. The molecule has 128 valence electrons. The van der Waals surface area contributed by atoms with Crippen LogP contribution in [0.5, 0.6) is 0 Å². The number of benzene rings is 1. The van der Waals surface area contributed by atoms with E-state index in [0.717, 1.165) is 0 Å². The molecule has 3 rings (SSSR count). The maximum Gasteiger partial charge on any atom is 0.304 e. The Morgan fingerprint density at radius 2 is 1.76 bits per heavy atom. The Morgan fingerprint density at radius 1 is 1.08 bits per heavy atom. The van der Waals surface area contributed by atoms with Gasteiger partial charge in [-0.05, 0) is 23.6 Å². The second kappa shape index (κ2) is 6.89. The number of nitrogens with zero attached hydrogens (tertiary/aromatic N) is 2. The molecular formula is C20H20N2O3. The van der Waals surface area contributed by atoms with Gasteiger partial charge in [0, 0.05) is 6.20 Å². The Bertz CT molecular complexity index is 913. The summed E-state index contributed by atoms with van der Waals surface area (Å²) in [6, 6.07) is 14.6. The summed E-state index contributed by atoms with van der Waals surface area (Å²) in [4.78, 5) is 24.7. The van der Waals surface area contributed by atoms with E-state index in [-0.39, 0.29) is 18.1 Å². The molecule has 1 atom stereocenters. The van der Waals surface area contributed by atoms with E-state index in [0.29, 0.717) is 22.3 Å². The number of rotatable bonds is 6. The molecule has 0 spiro atoms. The number of aromatic nitrogens is 2. The van der Waals surface area contributed by atoms with Gasteiger partial charge in [0.25, 0.3) is 0 Å². The second-order valence-corrected chi connectivity index (χ2v) is 6.37. The maximum atomic E-state index is 13.4. The number of carbonyl (C=O) groups is 2. The van der Waals surface area contributed by atoms with Crippen LogP contribution in [-0.4, -0.2) is 26.5 Å². The van der Waals surface area contributed by atoms with Gasteiger partial charge in [-0.15, -0.1) is 0 Å². The first-order valence-electron chi connectivity index (χ1n) is 8.27. The zero-order valence-electron chi connectivity index (χ0n) is 14.2. The lowest BCUT2D eigenvalue weighted by Gasteiger charge is -2.15. The predicted octanol–water partition coefficient (Wildman–Crippen LogP) is 3.90. The van der Waals surface area contributed by atoms with E-state index in [9.17, 15) is 14.7 Å². The topological polar surface area (TPSA) is 71.7 Å². The largest absolute Gasteiger partial charge is 0.481 e. The first-order chi connectivity index (χ1) is 12.0. The number of hydrogen-bond donors (Lipinski definition) is 1. The number of aliphatic carboxylic acids is 1. The molecule has 1 N–H and O–H groups in total. The van der Waals surface area contributed by atoms with Crippen LogP contribution in [0.25, 0.3) is 5.52 Å². The van der Waals surface area contributed by atoms with E-state index >= 15 is 0 Å². The predicted molar refractivity (Wildman–Crippen MR) is 95.0 cm³/mol. The van der Waals surface area contributed by atoms with Crippen molar-refractivity contribution in [3.05, 3.63) is 71.5 Å². The first kappa shape index (κ1) is 16.9. The molecule has 0 saturated heterocycles. The van der Waals surface area contributed by atoms with Crippen LogP contribution in [0.2, 0.25) is 0 Å². The van der Waals surface area contributed by atoms with Gasteiger partial charge in [0.2, 0.25) is 0 Å². The zero-order valence-corrected chi connectivity index (χ0v) is 14.2. The highest BCUT2D eigenvalue weighted by Gasteiger charge is 2.30. The number of carboxylic acid groups (broad SMARTS) is 1. The smallest absolute Gasteiger partial charge is 0.304 e. The molecule has 2 heterocycles. The number of carbonyl (C=O) groups excluding carboxylic acids is 1. The molecule has 0 saturated carbocycles. The third kappa shape index (κ3) is 3.31. The van der Waals surface area contributed by atoms with E-state index in [2.05, 4.69) is 5.10 Å². The Kier molecular flexibility index (Phi) is 4.65. The SMILES string of the molecule is CC(C)c1nn2ccccc2c1C(=O)C(CC(=O)O)c1ccccc1. The molecule has 1 unspecified atom stereocenters. The van der Waals surface area contributed by atoms with E-state index < -0.39 is 11.9 Å². The summed E-state index contributed by atoms with van der Waals surface area (Å²) in [5.74, 6) is -1.87. The summed E-state index contributed by atoms with van der Waals surface area (Å²) in [5.41, 5.74) is 2.63. The molecule has 5 nitrogen and oxygen atoms in total. The van der Waals surface area contributed by atoms with Crippen LogP contribution in [-0.2, 0) is 4.79 Å². The molecule has 0 amide bonds. The lowest BCUT2D eigenvalue weighted by Crippen LogP contribution is -2.18. The lowest BCUT2D eigenvalue weighted by molar-refractivity contribution is -0.137. The fraction of sp³-hybridized carbons (Fsp3) is 0.250. The third-order valence-electron chi connectivity index (χ3n) is 4.26. The second-order valence-electron chi connectivity index (χ2n) is 6.37. The van der Waals surface area contributed by atoms with Gasteiger partial charge in [-0.2, -0.15) is 5.10 Å². The van der Waals surface area contributed by atoms with Crippen molar-refractivity contribution in [1.82, 2.24) is 9.61 Å². The van der Waals surface area contributed by atoms with Gasteiger partial charge >= 0.3 is 5.97 Å². The minimum atomic E-state index is -0.996. The number of Topliss-reactive ketones (excluding diaryl/α,β-unsaturated/α-hetero) is 1. The standard InChI is InChI=1S/C20H20N2O3/c1-13(2)19-18(16-10-6-7-11-22(16)21-19)20(25)15(12-17(23)24)14-8-4-3-5-9-14/h3-11,13,15H,12H2,1-2H3,(H,23,24). The number of pyridine rings is 1. The van der Waals surface area contributed by atoms with Gasteiger partial charge in [0.1, 0.15) is 0 Å². The molecule has 25 heavy (non-hydrogen) atoms. The Balaban J connectivity index is 2.16. The molecule has 0 aliphatic rings. The minimum Gasteiger partial charge on any atom is -0.481 e. The molecule has 3 aromatic rings. The highest BCUT2D eigenvalue weighted by Crippen LogP contribution is 2.31. The van der Waals surface area contributed by atoms with Crippen molar-refractivity contribution in [2.45, 2.75) is 32.1 Å². The van der Waals surface area contributed by atoms with Crippen LogP contribution in [0.1, 0.15) is 53.7 Å². The Morgan fingerprint density at radius 3 is 2.40 bits per heavy atom. The summed E-state index contributed by atoms with van der Waals surface area (Å²) in [5, 5.41) is 13.8. The number of hydrogen-bond acceptors (Lipinski definition) is 3. The molecule has 1 aromatic carbocycles. The highest BCUT2D eigenvalue weighted by molar-refractivity contribution is 6.08. The van der Waals surface area contributed by atoms with Crippen LogP contribution in [0.15, 0.2) is 54.7 Å². The molecule has 0 radical (unpaired) electrons. The molecule has 0 aliphatic carbocycles. The van der Waals surface area contributed by atoms with Crippen LogP contribution < -0.4 is 0 Å². The van der Waals surface area contributed by atoms with Crippen molar-refractivity contribution in [2.24, 2.45) is 0 Å². The van der Waals surface area contributed by atoms with Crippen LogP contribution in [0.4, 0.5) is 0 Å². The van der Waals surface area contributed by atoms with Crippen molar-refractivity contribution < 1.29 is 14.7 Å². The van der Waals surface area contributed by atoms with Crippen LogP contribution in [0.3, 0.4) is 0 Å². The maximum absolute atomic E-state index is 13.4. The van der Waals surface area contributed by atoms with Crippen molar-refractivity contribution in [3.8, 4) is 0 Å². The summed E-state index contributed by atoms with van der Waals surface area (Å²) in [7, 11) is 0. The summed E-state index contributed by atoms with van der Waals surface area (Å²) < 4.78 is 1.69. The zero-order chi connectivity index (χ0) is 18.0. The van der Waals surface area contributed by atoms with Gasteiger partial charge in [-0.1, -0.05) is 50.2 Å². The van der Waals surface area contributed by atoms with Crippen molar-refractivity contribution in [3.63, 3.8) is 0 Å². The van der Waals surface area contributed by atoms with Crippen molar-refractivity contribution in [1.29, 1.82) is 0 Å². The van der Waals surface area contributed by atoms with E-state index in [1.54, 1.807) is 22.8 Å². The number of carboxylic acids is 1. The molecule has 0 aliphatic heterocycles. The van der Waals surface area contributed by atoms with E-state index in [4.69, 9.17) is 0 Å². The Labute approximate surface area is 145 Å². The van der Waals surface area contributed by atoms with Gasteiger partial charge in [-0.3, -0.25) is 9.59 Å². The number of fused-ring (bicyclic) bond motifs is 1. The van der Waals surface area contributed by atoms with Gasteiger partial charge < -0.3 is 5.11 Å². The first-order valence-corrected chi connectivity index (χ1v) is 8.27. The monoisotopic (exact) mass is 336 g/mol. The molecular weight excluding hydrogens is 316 g/mol. The summed E-state index contributed by atoms with van der Waals surface area (Å²) in [6.45, 7) is 3.96. The van der Waals surface area contributed by atoms with Gasteiger partial charge in [0.05, 0.1) is 29.1 Å². The average Bonchev–Trinajstić information content (AvgIpc) is 2.99. The average molecular weight is 336 g/mol. The summed E-state index contributed by atoms with van der Waals surface area (Å²) >= 11 is 0. The van der Waals surface area contributed by atoms with Gasteiger partial charge in [-0.25, -0.2) is 4.52 Å². The van der Waals surface area contributed by atoms with E-state index in [1.165, 1.54) is 0 Å². The molecule has 5 heteroatoms. The molecule has 0 bridgehead atoms. The summed E-state index contributed by atoms with van der Waals surface area (Å²) in [6.07, 6.45) is 1.55. The van der Waals surface area contributed by atoms with Crippen molar-refractivity contribution in [2.75, 3.05) is 0 Å². The van der Waals surface area contributed by atoms with E-state index in [1.807, 2.05) is 50.2 Å². The minimum absolute atomic E-state index is 0.0556. The van der Waals surface area contributed by atoms with Crippen LogP contribution in [0, 0.1) is 0 Å². The lowest BCUT2D eigenvalue weighted by atomic mass is 9.86. The fourth-order valence-electron chi connectivity index (χ4n) is 3.07.